The maximum Gasteiger partial charge on any atom is 0.251 e. The Bertz CT molecular complexity index is 1470. The van der Waals surface area contributed by atoms with Crippen molar-refractivity contribution in [3.63, 3.8) is 0 Å². The van der Waals surface area contributed by atoms with E-state index in [2.05, 4.69) is 20.3 Å². The van der Waals surface area contributed by atoms with E-state index in [9.17, 15) is 9.59 Å². The molecule has 0 spiro atoms. The lowest BCUT2D eigenvalue weighted by molar-refractivity contribution is 0.0950. The number of aromatic amines is 1. The van der Waals surface area contributed by atoms with E-state index < -0.39 is 0 Å². The number of nitrogens with two attached hydrogens (primary N) is 1. The number of aryl methyl sites for hydroxylation is 1. The highest BCUT2D eigenvalue weighted by Gasteiger charge is 2.11. The van der Waals surface area contributed by atoms with Gasteiger partial charge >= 0.3 is 0 Å². The van der Waals surface area contributed by atoms with E-state index in [4.69, 9.17) is 11.0 Å². The van der Waals surface area contributed by atoms with Crippen molar-refractivity contribution < 1.29 is 4.79 Å². The number of nitrogens with one attached hydrogen (secondary N) is 2. The second-order valence-corrected chi connectivity index (χ2v) is 8.19. The highest BCUT2D eigenvalue weighted by molar-refractivity contribution is 5.94. The first kappa shape index (κ1) is 23.4. The molecule has 174 valence electrons. The molecular weight excluding hydrogens is 440 g/mol. The predicted molar refractivity (Wildman–Crippen MR) is 133 cm³/mol. The number of carbonyl (C=O) groups excluding carboxylic acids is 1. The van der Waals surface area contributed by atoms with Gasteiger partial charge in [0.25, 0.3) is 11.5 Å². The van der Waals surface area contributed by atoms with Crippen LogP contribution in [0.5, 0.6) is 0 Å². The van der Waals surface area contributed by atoms with Crippen molar-refractivity contribution in [1.82, 2.24) is 20.3 Å². The highest BCUT2D eigenvalue weighted by Crippen LogP contribution is 2.15. The van der Waals surface area contributed by atoms with Crippen molar-refractivity contribution >= 4 is 11.7 Å². The van der Waals surface area contributed by atoms with Crippen LogP contribution >= 0.6 is 0 Å². The molecular formula is C27H24N6O2. The van der Waals surface area contributed by atoms with Crippen LogP contribution in [0.15, 0.2) is 71.8 Å². The van der Waals surface area contributed by atoms with E-state index >= 15 is 0 Å². The monoisotopic (exact) mass is 464 g/mol. The lowest BCUT2D eigenvalue weighted by atomic mass is 10.0. The number of pyridine rings is 3. The van der Waals surface area contributed by atoms with Gasteiger partial charge in [-0.1, -0.05) is 30.3 Å². The Morgan fingerprint density at radius 2 is 1.83 bits per heavy atom. The summed E-state index contributed by atoms with van der Waals surface area (Å²) in [7, 11) is 0. The van der Waals surface area contributed by atoms with Gasteiger partial charge in [-0.2, -0.15) is 5.26 Å². The molecule has 4 aromatic rings. The van der Waals surface area contributed by atoms with Crippen molar-refractivity contribution in [1.29, 1.82) is 5.26 Å². The van der Waals surface area contributed by atoms with E-state index in [-0.39, 0.29) is 29.4 Å². The first-order valence-electron chi connectivity index (χ1n) is 11.1. The molecule has 4 N–H and O–H groups in total. The van der Waals surface area contributed by atoms with Gasteiger partial charge in [0.2, 0.25) is 0 Å². The average molecular weight is 465 g/mol. The molecule has 8 heteroatoms. The molecule has 1 amide bonds. The zero-order valence-corrected chi connectivity index (χ0v) is 19.2. The largest absolute Gasteiger partial charge is 0.383 e. The molecule has 3 aromatic heterocycles. The number of H-pyrrole nitrogens is 1. The molecule has 35 heavy (non-hydrogen) atoms. The number of carbonyl (C=O) groups is 1. The summed E-state index contributed by atoms with van der Waals surface area (Å²) in [5.41, 5.74) is 11.4. The van der Waals surface area contributed by atoms with Gasteiger partial charge in [0.1, 0.15) is 11.9 Å². The molecule has 8 nitrogen and oxygen atoms in total. The molecule has 0 aliphatic heterocycles. The topological polar surface area (TPSA) is 138 Å². The van der Waals surface area contributed by atoms with Crippen molar-refractivity contribution in [2.45, 2.75) is 26.3 Å². The number of hydrogen-bond acceptors (Lipinski definition) is 6. The third-order valence-corrected chi connectivity index (χ3v) is 5.69. The van der Waals surface area contributed by atoms with Gasteiger partial charge in [-0.3, -0.25) is 14.6 Å². The summed E-state index contributed by atoms with van der Waals surface area (Å²) < 4.78 is 0. The fraction of sp³-hybridized carbons (Fsp3) is 0.148. The number of aromatic nitrogens is 3. The number of amides is 1. The van der Waals surface area contributed by atoms with Crippen LogP contribution in [0.2, 0.25) is 0 Å². The molecule has 0 saturated heterocycles. The van der Waals surface area contributed by atoms with Gasteiger partial charge in [-0.15, -0.1) is 0 Å². The minimum Gasteiger partial charge on any atom is -0.383 e. The summed E-state index contributed by atoms with van der Waals surface area (Å²) in [4.78, 5) is 35.9. The lowest BCUT2D eigenvalue weighted by Gasteiger charge is -2.10. The Morgan fingerprint density at radius 3 is 2.54 bits per heavy atom. The normalized spacial score (nSPS) is 10.5. The van der Waals surface area contributed by atoms with E-state index in [0.717, 1.165) is 27.9 Å². The number of benzene rings is 1. The van der Waals surface area contributed by atoms with Gasteiger partial charge in [0, 0.05) is 54.3 Å². The summed E-state index contributed by atoms with van der Waals surface area (Å²) in [5, 5.41) is 12.0. The van der Waals surface area contributed by atoms with Gasteiger partial charge in [-0.05, 0) is 47.9 Å². The fourth-order valence-electron chi connectivity index (χ4n) is 3.73. The maximum absolute atomic E-state index is 12.7. The van der Waals surface area contributed by atoms with Crippen LogP contribution in [0.1, 0.15) is 49.6 Å². The van der Waals surface area contributed by atoms with Gasteiger partial charge < -0.3 is 16.0 Å². The summed E-state index contributed by atoms with van der Waals surface area (Å²) in [6, 6.07) is 18.7. The maximum atomic E-state index is 12.7. The van der Waals surface area contributed by atoms with Crippen LogP contribution < -0.4 is 16.6 Å². The first-order valence-corrected chi connectivity index (χ1v) is 11.1. The van der Waals surface area contributed by atoms with E-state index in [1.807, 2.05) is 42.5 Å². The number of hydrogen-bond donors (Lipinski definition) is 3. The van der Waals surface area contributed by atoms with Crippen molar-refractivity contribution in [2.24, 2.45) is 0 Å². The quantitative estimate of drug-likeness (QED) is 0.384. The van der Waals surface area contributed by atoms with E-state index in [1.54, 1.807) is 37.5 Å². The van der Waals surface area contributed by atoms with Crippen molar-refractivity contribution in [3.05, 3.63) is 122 Å². The summed E-state index contributed by atoms with van der Waals surface area (Å²) in [6.45, 7) is 2.02. The molecule has 0 atom stereocenters. The summed E-state index contributed by atoms with van der Waals surface area (Å²) in [6.07, 6.45) is 4.37. The summed E-state index contributed by atoms with van der Waals surface area (Å²) in [5.74, 6) is -0.0626. The Labute approximate surface area is 202 Å². The molecule has 1 aromatic carbocycles. The molecule has 0 fully saturated rings. The van der Waals surface area contributed by atoms with Crippen LogP contribution in [-0.2, 0) is 19.4 Å². The molecule has 0 radical (unpaired) electrons. The molecule has 0 aliphatic carbocycles. The Morgan fingerprint density at radius 1 is 1.09 bits per heavy atom. The number of nitrogen functional groups attached to an aromatic ring is 1. The SMILES string of the molecule is Cc1nc(N)c(C#N)cc1CNC(=O)c1ccnc(Cc2ccc(Cc3ccc[nH]c3=O)cc2)c1. The van der Waals surface area contributed by atoms with Crippen molar-refractivity contribution in [2.75, 3.05) is 5.73 Å². The zero-order chi connectivity index (χ0) is 24.8. The molecule has 0 bridgehead atoms. The third-order valence-electron chi connectivity index (χ3n) is 5.69. The van der Waals surface area contributed by atoms with Crippen LogP contribution in [0.3, 0.4) is 0 Å². The second-order valence-electron chi connectivity index (χ2n) is 8.19. The minimum absolute atomic E-state index is 0.0795. The second kappa shape index (κ2) is 10.4. The number of anilines is 1. The smallest absolute Gasteiger partial charge is 0.251 e. The number of nitriles is 1. The Balaban J connectivity index is 1.40. The van der Waals surface area contributed by atoms with Gasteiger partial charge in [-0.25, -0.2) is 4.98 Å². The molecule has 0 unspecified atom stereocenters. The van der Waals surface area contributed by atoms with E-state index in [1.165, 1.54) is 0 Å². The van der Waals surface area contributed by atoms with Crippen LogP contribution in [0.4, 0.5) is 5.82 Å². The summed E-state index contributed by atoms with van der Waals surface area (Å²) >= 11 is 0. The highest BCUT2D eigenvalue weighted by atomic mass is 16.1. The van der Waals surface area contributed by atoms with Gasteiger partial charge in [0.05, 0.1) is 5.56 Å². The Hall–Kier alpha value is -4.77. The van der Waals surface area contributed by atoms with Crippen LogP contribution in [0, 0.1) is 18.3 Å². The standard InChI is InChI=1S/C27H24N6O2/c1-17-23(13-22(15-28)25(29)33-17)16-32-27(35)21-8-10-30-24(14-21)12-19-6-4-18(5-7-19)11-20-3-2-9-31-26(20)34/h2-10,13-14H,11-12,16H2,1H3,(H2,29,33)(H,31,34)(H,32,35). The number of nitrogens with zero attached hydrogens (tertiary/aromatic N) is 3. The van der Waals surface area contributed by atoms with Crippen LogP contribution in [0.25, 0.3) is 0 Å². The number of rotatable bonds is 7. The third kappa shape index (κ3) is 5.78. The average Bonchev–Trinajstić information content (AvgIpc) is 2.86. The molecule has 4 rings (SSSR count). The fourth-order valence-corrected chi connectivity index (χ4v) is 3.73. The van der Waals surface area contributed by atoms with Gasteiger partial charge in [0.15, 0.2) is 0 Å². The molecule has 3 heterocycles. The first-order chi connectivity index (χ1) is 16.9. The zero-order valence-electron chi connectivity index (χ0n) is 19.2. The lowest BCUT2D eigenvalue weighted by Crippen LogP contribution is -2.24. The molecule has 0 aliphatic rings. The van der Waals surface area contributed by atoms with Crippen LogP contribution in [-0.4, -0.2) is 20.9 Å². The predicted octanol–water partition coefficient (Wildman–Crippen LogP) is 3.04. The molecule has 0 saturated carbocycles. The van der Waals surface area contributed by atoms with E-state index in [0.29, 0.717) is 24.1 Å². The Kier molecular flexibility index (Phi) is 6.98. The van der Waals surface area contributed by atoms with Crippen molar-refractivity contribution in [3.8, 4) is 6.07 Å². The minimum atomic E-state index is -0.244.